The molecule has 1 atom stereocenters. The van der Waals surface area contributed by atoms with Crippen LogP contribution in [0.1, 0.15) is 38.8 Å². The van der Waals surface area contributed by atoms with Gasteiger partial charge in [0.15, 0.2) is 0 Å². The zero-order chi connectivity index (χ0) is 24.8. The topological polar surface area (TPSA) is 86.8 Å². The lowest BCUT2D eigenvalue weighted by Crippen LogP contribution is -2.52. The minimum Gasteiger partial charge on any atom is -0.352 e. The molecule has 0 fully saturated rings. The van der Waals surface area contributed by atoms with Crippen LogP contribution in [0.4, 0.5) is 5.69 Å². The maximum absolute atomic E-state index is 13.5. The Labute approximate surface area is 205 Å². The number of aryl methyl sites for hydroxylation is 1. The van der Waals surface area contributed by atoms with Crippen molar-refractivity contribution in [3.8, 4) is 0 Å². The second-order valence-corrected chi connectivity index (χ2v) is 11.1. The summed E-state index contributed by atoms with van der Waals surface area (Å²) in [6.07, 6.45) is 1.70. The fraction of sp³-hybridized carbons (Fsp3) is 0.417. The number of carbonyl (C=O) groups excluding carboxylic acids is 2. The fourth-order valence-electron chi connectivity index (χ4n) is 3.47. The molecule has 1 N–H and O–H groups in total. The Bertz CT molecular complexity index is 1090. The van der Waals surface area contributed by atoms with E-state index in [1.54, 1.807) is 19.1 Å². The molecule has 0 radical (unpaired) electrons. The Balaban J connectivity index is 2.43. The SMILES string of the molecule is CCc1ccccc1N(CC(=O)N(Cc1cccc(Br)c1)[C@H](C)C(=O)NC(C)C)S(C)(=O)=O. The number of rotatable bonds is 10. The van der Waals surface area contributed by atoms with Crippen molar-refractivity contribution in [2.24, 2.45) is 0 Å². The Kier molecular flexibility index (Phi) is 9.48. The smallest absolute Gasteiger partial charge is 0.244 e. The molecule has 0 aliphatic heterocycles. The number of sulfonamides is 1. The highest BCUT2D eigenvalue weighted by atomic mass is 79.9. The van der Waals surface area contributed by atoms with Gasteiger partial charge in [0.2, 0.25) is 21.8 Å². The van der Waals surface area contributed by atoms with Gasteiger partial charge in [-0.2, -0.15) is 0 Å². The molecule has 0 aliphatic rings. The highest BCUT2D eigenvalue weighted by Gasteiger charge is 2.30. The lowest BCUT2D eigenvalue weighted by atomic mass is 10.1. The second-order valence-electron chi connectivity index (χ2n) is 8.24. The van der Waals surface area contributed by atoms with E-state index in [0.29, 0.717) is 12.1 Å². The van der Waals surface area contributed by atoms with Crippen molar-refractivity contribution in [2.45, 2.75) is 52.7 Å². The minimum atomic E-state index is -3.75. The highest BCUT2D eigenvalue weighted by Crippen LogP contribution is 2.24. The molecule has 0 saturated carbocycles. The fourth-order valence-corrected chi connectivity index (χ4v) is 4.79. The van der Waals surface area contributed by atoms with E-state index in [1.807, 2.05) is 57.2 Å². The highest BCUT2D eigenvalue weighted by molar-refractivity contribution is 9.10. The van der Waals surface area contributed by atoms with Crippen molar-refractivity contribution in [3.05, 3.63) is 64.1 Å². The largest absolute Gasteiger partial charge is 0.352 e. The van der Waals surface area contributed by atoms with E-state index in [-0.39, 0.29) is 18.5 Å². The van der Waals surface area contributed by atoms with Gasteiger partial charge in [0.1, 0.15) is 12.6 Å². The first-order chi connectivity index (χ1) is 15.4. The maximum Gasteiger partial charge on any atom is 0.244 e. The summed E-state index contributed by atoms with van der Waals surface area (Å²) >= 11 is 3.43. The van der Waals surface area contributed by atoms with E-state index in [0.717, 1.165) is 26.2 Å². The first kappa shape index (κ1) is 26.9. The number of hydrogen-bond acceptors (Lipinski definition) is 4. The standard InChI is InChI=1S/C24H32BrN3O4S/c1-6-20-11-7-8-13-22(20)28(33(5,31)32)16-23(29)27(18(4)24(30)26-17(2)3)15-19-10-9-12-21(25)14-19/h7-14,17-18H,6,15-16H2,1-5H3,(H,26,30)/t18-/m1/s1. The van der Waals surface area contributed by atoms with Crippen LogP contribution in [0.3, 0.4) is 0 Å². The predicted octanol–water partition coefficient (Wildman–Crippen LogP) is 3.72. The summed E-state index contributed by atoms with van der Waals surface area (Å²) in [5.74, 6) is -0.758. The van der Waals surface area contributed by atoms with Crippen molar-refractivity contribution in [3.63, 3.8) is 0 Å². The molecule has 0 heterocycles. The number of halogens is 1. The third-order valence-electron chi connectivity index (χ3n) is 5.16. The van der Waals surface area contributed by atoms with Crippen LogP contribution in [0.25, 0.3) is 0 Å². The molecule has 0 unspecified atom stereocenters. The molecular weight excluding hydrogens is 506 g/mol. The van der Waals surface area contributed by atoms with Gasteiger partial charge in [0.25, 0.3) is 0 Å². The van der Waals surface area contributed by atoms with Gasteiger partial charge in [0.05, 0.1) is 11.9 Å². The summed E-state index contributed by atoms with van der Waals surface area (Å²) in [6, 6.07) is 13.7. The minimum absolute atomic E-state index is 0.0910. The Morgan fingerprint density at radius 3 is 2.30 bits per heavy atom. The van der Waals surface area contributed by atoms with Crippen LogP contribution in [0.15, 0.2) is 53.0 Å². The average Bonchev–Trinajstić information content (AvgIpc) is 2.74. The normalized spacial score (nSPS) is 12.3. The first-order valence-corrected chi connectivity index (χ1v) is 13.5. The van der Waals surface area contributed by atoms with Gasteiger partial charge in [-0.25, -0.2) is 8.42 Å². The Morgan fingerprint density at radius 2 is 1.73 bits per heavy atom. The second kappa shape index (κ2) is 11.7. The Morgan fingerprint density at radius 1 is 1.06 bits per heavy atom. The number of nitrogens with zero attached hydrogens (tertiary/aromatic N) is 2. The van der Waals surface area contributed by atoms with Crippen LogP contribution in [0, 0.1) is 0 Å². The zero-order valence-electron chi connectivity index (χ0n) is 19.7. The molecule has 0 aromatic heterocycles. The van der Waals surface area contributed by atoms with Crippen molar-refractivity contribution in [1.29, 1.82) is 0 Å². The molecule has 2 amide bonds. The molecule has 33 heavy (non-hydrogen) atoms. The van der Waals surface area contributed by atoms with Crippen LogP contribution >= 0.6 is 15.9 Å². The van der Waals surface area contributed by atoms with Crippen LogP contribution in [-0.2, 0) is 32.6 Å². The molecule has 7 nitrogen and oxygen atoms in total. The molecule has 9 heteroatoms. The quantitative estimate of drug-likeness (QED) is 0.500. The molecule has 0 saturated heterocycles. The number of carbonyl (C=O) groups is 2. The van der Waals surface area contributed by atoms with Gasteiger partial charge in [-0.1, -0.05) is 53.2 Å². The third-order valence-corrected chi connectivity index (χ3v) is 6.78. The van der Waals surface area contributed by atoms with Crippen molar-refractivity contribution in [2.75, 3.05) is 17.1 Å². The average molecular weight is 539 g/mol. The summed E-state index contributed by atoms with van der Waals surface area (Å²) in [4.78, 5) is 27.7. The third kappa shape index (κ3) is 7.57. The van der Waals surface area contributed by atoms with Crippen molar-refractivity contribution < 1.29 is 18.0 Å². The van der Waals surface area contributed by atoms with Gasteiger partial charge in [0, 0.05) is 17.1 Å². The maximum atomic E-state index is 13.5. The van der Waals surface area contributed by atoms with Crippen molar-refractivity contribution in [1.82, 2.24) is 10.2 Å². The number of anilines is 1. The lowest BCUT2D eigenvalue weighted by molar-refractivity contribution is -0.139. The number of benzene rings is 2. The van der Waals surface area contributed by atoms with Crippen LogP contribution < -0.4 is 9.62 Å². The van der Waals surface area contributed by atoms with E-state index < -0.39 is 28.5 Å². The number of nitrogens with one attached hydrogen (secondary N) is 1. The van der Waals surface area contributed by atoms with E-state index in [9.17, 15) is 18.0 Å². The van der Waals surface area contributed by atoms with E-state index in [2.05, 4.69) is 21.2 Å². The summed E-state index contributed by atoms with van der Waals surface area (Å²) in [7, 11) is -3.75. The van der Waals surface area contributed by atoms with Crippen LogP contribution in [0.5, 0.6) is 0 Å². The Hall–Kier alpha value is -2.39. The molecule has 2 aromatic rings. The molecule has 180 valence electrons. The van der Waals surface area contributed by atoms with Gasteiger partial charge in [-0.3, -0.25) is 13.9 Å². The number of para-hydroxylation sites is 1. The molecule has 0 aliphatic carbocycles. The monoisotopic (exact) mass is 537 g/mol. The van der Waals surface area contributed by atoms with E-state index in [1.165, 1.54) is 4.90 Å². The number of hydrogen-bond donors (Lipinski definition) is 1. The van der Waals surface area contributed by atoms with Crippen LogP contribution in [-0.4, -0.2) is 50.0 Å². The summed E-state index contributed by atoms with van der Waals surface area (Å²) in [6.45, 7) is 7.04. The van der Waals surface area contributed by atoms with E-state index >= 15 is 0 Å². The predicted molar refractivity (Wildman–Crippen MR) is 135 cm³/mol. The molecule has 0 bridgehead atoms. The molecular formula is C24H32BrN3O4S. The summed E-state index contributed by atoms with van der Waals surface area (Å²) < 4.78 is 27.3. The number of amides is 2. The van der Waals surface area contributed by atoms with Gasteiger partial charge < -0.3 is 10.2 Å². The summed E-state index contributed by atoms with van der Waals surface area (Å²) in [5, 5.41) is 2.83. The van der Waals surface area contributed by atoms with E-state index in [4.69, 9.17) is 0 Å². The zero-order valence-corrected chi connectivity index (χ0v) is 22.1. The molecule has 0 spiro atoms. The van der Waals surface area contributed by atoms with Gasteiger partial charge in [-0.05, 0) is 56.5 Å². The van der Waals surface area contributed by atoms with Crippen molar-refractivity contribution >= 4 is 43.5 Å². The van der Waals surface area contributed by atoms with Gasteiger partial charge in [-0.15, -0.1) is 0 Å². The lowest BCUT2D eigenvalue weighted by Gasteiger charge is -2.32. The van der Waals surface area contributed by atoms with Gasteiger partial charge >= 0.3 is 0 Å². The van der Waals surface area contributed by atoms with Crippen LogP contribution in [0.2, 0.25) is 0 Å². The molecule has 2 aromatic carbocycles. The summed E-state index contributed by atoms with van der Waals surface area (Å²) in [5.41, 5.74) is 2.11. The first-order valence-electron chi connectivity index (χ1n) is 10.8. The molecule has 2 rings (SSSR count).